The van der Waals surface area contributed by atoms with Gasteiger partial charge in [-0.25, -0.2) is 13.1 Å². The summed E-state index contributed by atoms with van der Waals surface area (Å²) in [4.78, 5) is 0.524. The minimum atomic E-state index is -3.53. The van der Waals surface area contributed by atoms with Crippen LogP contribution in [0.15, 0.2) is 29.2 Å². The van der Waals surface area contributed by atoms with E-state index in [1.54, 1.807) is 0 Å². The minimum Gasteiger partial charge on any atom is -0.211 e. The van der Waals surface area contributed by atoms with Gasteiger partial charge in [0.05, 0.1) is 4.90 Å². The molecule has 2 aliphatic carbocycles. The van der Waals surface area contributed by atoms with Gasteiger partial charge in [0.1, 0.15) is 0 Å². The Labute approximate surface area is 165 Å². The molecule has 0 saturated heterocycles. The quantitative estimate of drug-likeness (QED) is 0.622. The van der Waals surface area contributed by atoms with Gasteiger partial charge >= 0.3 is 0 Å². The van der Waals surface area contributed by atoms with Gasteiger partial charge in [-0.15, -0.1) is 0 Å². The number of nitrogens with one attached hydrogen (secondary N) is 1. The number of fused-ring (bicyclic) bond motifs is 2. The van der Waals surface area contributed by atoms with Crippen molar-refractivity contribution in [3.63, 3.8) is 0 Å². The first-order chi connectivity index (χ1) is 12.6. The number of sulfonamides is 1. The summed E-state index contributed by atoms with van der Waals surface area (Å²) in [6.45, 7) is 13.2. The Hall–Kier alpha value is -1.13. The summed E-state index contributed by atoms with van der Waals surface area (Å²) in [5.41, 5.74) is 3.12. The summed E-state index contributed by atoms with van der Waals surface area (Å²) in [6.07, 6.45) is 6.89. The molecule has 0 spiro atoms. The molecule has 3 atom stereocenters. The molecule has 27 heavy (non-hydrogen) atoms. The third kappa shape index (κ3) is 4.17. The van der Waals surface area contributed by atoms with Crippen LogP contribution in [-0.4, -0.2) is 15.0 Å². The Morgan fingerprint density at radius 3 is 1.93 bits per heavy atom. The second kappa shape index (κ2) is 7.71. The summed E-state index contributed by atoms with van der Waals surface area (Å²) in [6, 6.07) is 4.21. The number of allylic oxidation sites excluding steroid dienone is 2. The van der Waals surface area contributed by atoms with Crippen LogP contribution in [0.3, 0.4) is 0 Å². The molecule has 2 aliphatic rings. The molecule has 3 unspecified atom stereocenters. The molecule has 4 heteroatoms. The van der Waals surface area contributed by atoms with Gasteiger partial charge in [0.15, 0.2) is 0 Å². The Bertz CT molecular complexity index is 792. The lowest BCUT2D eigenvalue weighted by atomic mass is 9.89. The normalized spacial score (nSPS) is 24.7. The van der Waals surface area contributed by atoms with Crippen LogP contribution in [0.5, 0.6) is 0 Å². The molecule has 3 nitrogen and oxygen atoms in total. The van der Waals surface area contributed by atoms with Gasteiger partial charge in [-0.05, 0) is 65.0 Å². The van der Waals surface area contributed by atoms with Crippen molar-refractivity contribution in [3.8, 4) is 0 Å². The van der Waals surface area contributed by atoms with E-state index >= 15 is 0 Å². The van der Waals surface area contributed by atoms with Gasteiger partial charge in [0.25, 0.3) is 0 Å². The maximum atomic E-state index is 13.4. The molecule has 1 fully saturated rings. The van der Waals surface area contributed by atoms with Crippen molar-refractivity contribution < 1.29 is 8.42 Å². The molecule has 3 rings (SSSR count). The highest BCUT2D eigenvalue weighted by Crippen LogP contribution is 2.43. The average Bonchev–Trinajstić information content (AvgIpc) is 3.21. The van der Waals surface area contributed by atoms with E-state index in [0.717, 1.165) is 17.5 Å². The van der Waals surface area contributed by atoms with Gasteiger partial charge in [-0.2, -0.15) is 0 Å². The smallest absolute Gasteiger partial charge is 0.211 e. The number of rotatable bonds is 7. The zero-order valence-electron chi connectivity index (χ0n) is 17.6. The van der Waals surface area contributed by atoms with Crippen molar-refractivity contribution in [1.29, 1.82) is 0 Å². The van der Waals surface area contributed by atoms with E-state index < -0.39 is 10.0 Å². The van der Waals surface area contributed by atoms with E-state index in [9.17, 15) is 8.42 Å². The highest BCUT2D eigenvalue weighted by Gasteiger charge is 2.36. The van der Waals surface area contributed by atoms with E-state index in [1.807, 2.05) is 0 Å². The predicted molar refractivity (Wildman–Crippen MR) is 113 cm³/mol. The van der Waals surface area contributed by atoms with Crippen molar-refractivity contribution in [2.75, 3.05) is 6.54 Å². The van der Waals surface area contributed by atoms with Crippen molar-refractivity contribution in [2.24, 2.45) is 17.8 Å². The topological polar surface area (TPSA) is 46.2 Å². The second-order valence-corrected chi connectivity index (χ2v) is 11.1. The largest absolute Gasteiger partial charge is 0.241 e. The number of benzene rings is 1. The fraction of sp³-hybridized carbons (Fsp3) is 0.652. The van der Waals surface area contributed by atoms with Crippen molar-refractivity contribution in [1.82, 2.24) is 4.72 Å². The van der Waals surface area contributed by atoms with E-state index in [-0.39, 0.29) is 11.8 Å². The number of hydrogen-bond acceptors (Lipinski definition) is 2. The molecule has 0 aromatic heterocycles. The number of hydrogen-bond donors (Lipinski definition) is 1. The average molecular weight is 390 g/mol. The molecule has 0 amide bonds. The molecular weight excluding hydrogens is 354 g/mol. The highest BCUT2D eigenvalue weighted by atomic mass is 32.2. The Morgan fingerprint density at radius 1 is 0.926 bits per heavy atom. The fourth-order valence-corrected chi connectivity index (χ4v) is 6.41. The first kappa shape index (κ1) is 20.6. The van der Waals surface area contributed by atoms with Crippen molar-refractivity contribution in [2.45, 2.75) is 77.0 Å². The van der Waals surface area contributed by atoms with Crippen LogP contribution < -0.4 is 4.72 Å². The van der Waals surface area contributed by atoms with Crippen LogP contribution >= 0.6 is 0 Å². The van der Waals surface area contributed by atoms with Crippen LogP contribution in [0.1, 0.15) is 88.8 Å². The van der Waals surface area contributed by atoms with Crippen LogP contribution in [0.4, 0.5) is 0 Å². The Balaban J connectivity index is 1.96. The van der Waals surface area contributed by atoms with Crippen LogP contribution in [0.25, 0.3) is 0 Å². The predicted octanol–water partition coefficient (Wildman–Crippen LogP) is 5.55. The fourth-order valence-electron chi connectivity index (χ4n) is 4.62. The second-order valence-electron chi connectivity index (χ2n) is 9.38. The van der Waals surface area contributed by atoms with E-state index in [1.165, 1.54) is 12.0 Å². The summed E-state index contributed by atoms with van der Waals surface area (Å²) in [5, 5.41) is 0. The lowest BCUT2D eigenvalue weighted by Crippen LogP contribution is -2.32. The summed E-state index contributed by atoms with van der Waals surface area (Å²) in [5.74, 6) is 2.36. The van der Waals surface area contributed by atoms with Crippen LogP contribution in [0, 0.1) is 17.8 Å². The van der Waals surface area contributed by atoms with E-state index in [0.29, 0.717) is 35.1 Å². The maximum absolute atomic E-state index is 13.4. The van der Waals surface area contributed by atoms with Gasteiger partial charge in [0.2, 0.25) is 10.0 Å². The van der Waals surface area contributed by atoms with Crippen LogP contribution in [0.2, 0.25) is 0 Å². The summed E-state index contributed by atoms with van der Waals surface area (Å²) >= 11 is 0. The molecule has 1 aromatic carbocycles. The van der Waals surface area contributed by atoms with Gasteiger partial charge in [-0.3, -0.25) is 0 Å². The zero-order valence-corrected chi connectivity index (χ0v) is 18.4. The minimum absolute atomic E-state index is 0.165. The van der Waals surface area contributed by atoms with Crippen molar-refractivity contribution >= 4 is 10.0 Å². The molecule has 1 saturated carbocycles. The molecule has 2 bridgehead atoms. The lowest BCUT2D eigenvalue weighted by molar-refractivity contribution is 0.440. The first-order valence-electron chi connectivity index (χ1n) is 10.5. The Morgan fingerprint density at radius 2 is 1.52 bits per heavy atom. The molecule has 150 valence electrons. The first-order valence-corrected chi connectivity index (χ1v) is 11.9. The maximum Gasteiger partial charge on any atom is 0.241 e. The monoisotopic (exact) mass is 389 g/mol. The molecule has 0 aliphatic heterocycles. The molecule has 0 radical (unpaired) electrons. The standard InChI is InChI=1S/C23H35NO2S/c1-14(2)19-11-21(15(3)4)23(22(12-19)16(5)6)27(25,26)24-13-20-10-17-7-8-18(20)9-17/h7-8,11-12,14-18,20,24H,9-10,13H2,1-6H3. The molecule has 1 N–H and O–H groups in total. The summed E-state index contributed by atoms with van der Waals surface area (Å²) < 4.78 is 29.8. The van der Waals surface area contributed by atoms with Crippen LogP contribution in [-0.2, 0) is 10.0 Å². The molecular formula is C23H35NO2S. The third-order valence-electron chi connectivity index (χ3n) is 6.30. The van der Waals surface area contributed by atoms with Gasteiger partial charge in [0, 0.05) is 6.54 Å². The summed E-state index contributed by atoms with van der Waals surface area (Å²) in [7, 11) is -3.53. The van der Waals surface area contributed by atoms with E-state index in [4.69, 9.17) is 0 Å². The SMILES string of the molecule is CC(C)c1cc(C(C)C)c(S(=O)(=O)NCC2CC3C=CC2C3)c(C(C)C)c1. The van der Waals surface area contributed by atoms with Crippen molar-refractivity contribution in [3.05, 3.63) is 41.0 Å². The molecule has 0 heterocycles. The van der Waals surface area contributed by atoms with Gasteiger partial charge in [-0.1, -0.05) is 65.8 Å². The highest BCUT2D eigenvalue weighted by molar-refractivity contribution is 7.89. The Kier molecular flexibility index (Phi) is 5.88. The van der Waals surface area contributed by atoms with E-state index in [2.05, 4.69) is 70.5 Å². The lowest BCUT2D eigenvalue weighted by Gasteiger charge is -2.24. The van der Waals surface area contributed by atoms with Gasteiger partial charge < -0.3 is 0 Å². The molecule has 1 aromatic rings. The zero-order chi connectivity index (χ0) is 19.9. The third-order valence-corrected chi connectivity index (χ3v) is 7.86.